The predicted octanol–water partition coefficient (Wildman–Crippen LogP) is 17.0. The second-order valence-electron chi connectivity index (χ2n) is 18.8. The molecule has 1 saturated carbocycles. The first kappa shape index (κ1) is 46.3. The third kappa shape index (κ3) is 25.9. The highest BCUT2D eigenvalue weighted by atomic mass is 15.5. The van der Waals surface area contributed by atoms with Gasteiger partial charge in [-0.1, -0.05) is 263 Å². The Morgan fingerprint density at radius 1 is 0.231 bits per heavy atom. The van der Waals surface area contributed by atoms with Crippen LogP contribution in [0.3, 0.4) is 0 Å². The van der Waals surface area contributed by atoms with E-state index >= 15 is 0 Å². The van der Waals surface area contributed by atoms with Crippen LogP contribution in [0.25, 0.3) is 0 Å². The van der Waals surface area contributed by atoms with Crippen molar-refractivity contribution in [2.24, 2.45) is 11.8 Å². The van der Waals surface area contributed by atoms with Gasteiger partial charge in [-0.25, -0.2) is 5.01 Å². The van der Waals surface area contributed by atoms with Crippen molar-refractivity contribution in [2.75, 3.05) is 13.1 Å². The highest BCUT2D eigenvalue weighted by molar-refractivity contribution is 4.78. The molecule has 0 aromatic heterocycles. The summed E-state index contributed by atoms with van der Waals surface area (Å²) >= 11 is 0. The van der Waals surface area contributed by atoms with E-state index < -0.39 is 0 Å². The summed E-state index contributed by atoms with van der Waals surface area (Å²) in [6.45, 7) is 2.49. The van der Waals surface area contributed by atoms with Crippen LogP contribution in [0.15, 0.2) is 0 Å². The molecular weight excluding hydrogens is 629 g/mol. The van der Waals surface area contributed by atoms with Gasteiger partial charge in [0, 0.05) is 19.1 Å². The lowest BCUT2D eigenvalue weighted by Crippen LogP contribution is -2.42. The lowest BCUT2D eigenvalue weighted by molar-refractivity contribution is 0.159. The van der Waals surface area contributed by atoms with Crippen LogP contribution >= 0.6 is 0 Å². The van der Waals surface area contributed by atoms with Gasteiger partial charge in [-0.05, 0) is 37.5 Å². The maximum Gasteiger partial charge on any atom is 0.0244 e. The first-order chi connectivity index (χ1) is 25.9. The molecule has 1 N–H and O–H groups in total. The van der Waals surface area contributed by atoms with Crippen LogP contribution in [0.4, 0.5) is 0 Å². The van der Waals surface area contributed by atoms with Crippen LogP contribution in [-0.4, -0.2) is 24.1 Å². The van der Waals surface area contributed by atoms with Crippen molar-refractivity contribution in [3.63, 3.8) is 0 Å². The second kappa shape index (κ2) is 35.3. The fourth-order valence-corrected chi connectivity index (χ4v) is 10.6. The Kier molecular flexibility index (Phi) is 31.5. The molecule has 3 fully saturated rings. The minimum atomic E-state index is 0.817. The van der Waals surface area contributed by atoms with Gasteiger partial charge in [-0.2, -0.15) is 0 Å². The Bertz CT molecular complexity index is 605. The van der Waals surface area contributed by atoms with Gasteiger partial charge in [-0.3, -0.25) is 5.43 Å². The monoisotopic (exact) mass is 727 g/mol. The molecule has 0 aromatic carbocycles. The van der Waals surface area contributed by atoms with Crippen molar-refractivity contribution in [3.05, 3.63) is 0 Å². The molecular formula is C50H98N2. The number of hydrogen-bond acceptors (Lipinski definition) is 2. The molecule has 0 spiro atoms. The number of rotatable bonds is 0. The van der Waals surface area contributed by atoms with Gasteiger partial charge in [0.2, 0.25) is 0 Å². The summed E-state index contributed by atoms with van der Waals surface area (Å²) in [6.07, 6.45) is 67.0. The van der Waals surface area contributed by atoms with E-state index in [4.69, 9.17) is 0 Å². The summed E-state index contributed by atoms with van der Waals surface area (Å²) in [5.74, 6) is 2.18. The minimum absolute atomic E-state index is 0.817. The Morgan fingerprint density at radius 3 is 0.827 bits per heavy atom. The molecule has 3 rings (SSSR count). The van der Waals surface area contributed by atoms with E-state index in [-0.39, 0.29) is 0 Å². The van der Waals surface area contributed by atoms with E-state index in [0.29, 0.717) is 0 Å². The number of nitrogens with zero attached hydrogens (tertiary/aromatic N) is 1. The molecule has 2 saturated heterocycles. The summed E-state index contributed by atoms with van der Waals surface area (Å²) in [4.78, 5) is 0. The SMILES string of the molecule is C1CCCCCCCCCCC2CCCC2CCCCCCCCCCCCCCCCCCCCNN2CCCC2CCCCCCCCCC1. The van der Waals surface area contributed by atoms with Crippen LogP contribution in [0.2, 0.25) is 0 Å². The molecule has 0 amide bonds. The average Bonchev–Trinajstić information content (AvgIpc) is 3.81. The summed E-state index contributed by atoms with van der Waals surface area (Å²) < 4.78 is 0. The number of nitrogens with one attached hydrogen (secondary N) is 1. The maximum atomic E-state index is 3.84. The van der Waals surface area contributed by atoms with Crippen LogP contribution in [-0.2, 0) is 0 Å². The largest absolute Gasteiger partial charge is 0.255 e. The minimum Gasteiger partial charge on any atom is -0.255 e. The Morgan fingerprint density at radius 2 is 0.481 bits per heavy atom. The van der Waals surface area contributed by atoms with Gasteiger partial charge >= 0.3 is 0 Å². The highest BCUT2D eigenvalue weighted by Crippen LogP contribution is 2.38. The zero-order chi connectivity index (χ0) is 36.3. The molecule has 3 aliphatic rings. The quantitative estimate of drug-likeness (QED) is 0.267. The molecule has 3 atom stereocenters. The molecule has 2 heterocycles. The summed E-state index contributed by atoms with van der Waals surface area (Å²) in [7, 11) is 0. The molecule has 52 heavy (non-hydrogen) atoms. The molecule has 308 valence electrons. The molecule has 3 unspecified atom stereocenters. The van der Waals surface area contributed by atoms with Crippen molar-refractivity contribution >= 4 is 0 Å². The molecule has 0 bridgehead atoms. The van der Waals surface area contributed by atoms with E-state index in [1.807, 2.05) is 0 Å². The van der Waals surface area contributed by atoms with Gasteiger partial charge in [0.15, 0.2) is 0 Å². The Hall–Kier alpha value is -0.0800. The van der Waals surface area contributed by atoms with Crippen molar-refractivity contribution in [2.45, 2.75) is 295 Å². The first-order valence-corrected chi connectivity index (χ1v) is 25.4. The van der Waals surface area contributed by atoms with Gasteiger partial charge in [0.25, 0.3) is 0 Å². The molecule has 2 nitrogen and oxygen atoms in total. The van der Waals surface area contributed by atoms with Gasteiger partial charge in [0.1, 0.15) is 0 Å². The summed E-state index contributed by atoms with van der Waals surface area (Å²) in [5, 5.41) is 2.63. The topological polar surface area (TPSA) is 15.3 Å². The van der Waals surface area contributed by atoms with E-state index in [0.717, 1.165) is 17.9 Å². The van der Waals surface area contributed by atoms with Gasteiger partial charge < -0.3 is 0 Å². The van der Waals surface area contributed by atoms with Crippen molar-refractivity contribution in [1.29, 1.82) is 0 Å². The zero-order valence-corrected chi connectivity index (χ0v) is 35.9. The zero-order valence-electron chi connectivity index (χ0n) is 35.9. The Labute approximate surface area is 329 Å². The third-order valence-electron chi connectivity index (χ3n) is 14.1. The van der Waals surface area contributed by atoms with Crippen LogP contribution in [0, 0.1) is 11.8 Å². The standard InChI is InChI=1S/C50H98N2/c1-2-6-10-14-18-22-26-30-34-40-48-42-38-43-49(48)41-35-31-27-23-19-15-11-7-4-5-9-13-17-21-25-29-33-37-46-51-52-47-39-45-50(52)44-36-32-28-24-20-16-12-8-3-1/h48-51H,1-47H2. The van der Waals surface area contributed by atoms with E-state index in [1.54, 1.807) is 25.7 Å². The third-order valence-corrected chi connectivity index (χ3v) is 14.1. The summed E-state index contributed by atoms with van der Waals surface area (Å²) in [5.41, 5.74) is 3.84. The number of fused-ring (bicyclic) bond motifs is 2. The fraction of sp³-hybridized carbons (Fsp3) is 1.00. The van der Waals surface area contributed by atoms with Gasteiger partial charge in [-0.15, -0.1) is 0 Å². The lowest BCUT2D eigenvalue weighted by Gasteiger charge is -2.25. The molecule has 2 aliphatic heterocycles. The molecule has 0 aromatic rings. The molecule has 1 aliphatic carbocycles. The van der Waals surface area contributed by atoms with Crippen LogP contribution < -0.4 is 5.43 Å². The molecule has 2 heteroatoms. The van der Waals surface area contributed by atoms with Crippen LogP contribution in [0.1, 0.15) is 289 Å². The Balaban J connectivity index is 1.19. The normalized spacial score (nSPS) is 29.4. The van der Waals surface area contributed by atoms with E-state index in [9.17, 15) is 0 Å². The smallest absolute Gasteiger partial charge is 0.0244 e. The van der Waals surface area contributed by atoms with E-state index in [1.165, 1.54) is 276 Å². The predicted molar refractivity (Wildman–Crippen MR) is 233 cm³/mol. The maximum absolute atomic E-state index is 3.84. The summed E-state index contributed by atoms with van der Waals surface area (Å²) in [6, 6.07) is 0.817. The van der Waals surface area contributed by atoms with E-state index in [2.05, 4.69) is 10.4 Å². The average molecular weight is 727 g/mol. The van der Waals surface area contributed by atoms with Gasteiger partial charge in [0.05, 0.1) is 0 Å². The first-order valence-electron chi connectivity index (χ1n) is 25.4. The molecule has 0 radical (unpaired) electrons. The second-order valence-corrected chi connectivity index (χ2v) is 18.8. The highest BCUT2D eigenvalue weighted by Gasteiger charge is 2.26. The number of hydrazine groups is 1. The number of hydrogen-bond donors (Lipinski definition) is 1. The van der Waals surface area contributed by atoms with Crippen molar-refractivity contribution in [3.8, 4) is 0 Å². The van der Waals surface area contributed by atoms with Crippen molar-refractivity contribution < 1.29 is 0 Å². The lowest BCUT2D eigenvalue weighted by atomic mass is 9.86. The van der Waals surface area contributed by atoms with Crippen molar-refractivity contribution in [1.82, 2.24) is 10.4 Å². The van der Waals surface area contributed by atoms with Crippen LogP contribution in [0.5, 0.6) is 0 Å². The fourth-order valence-electron chi connectivity index (χ4n) is 10.6.